The summed E-state index contributed by atoms with van der Waals surface area (Å²) in [5.41, 5.74) is 1.70. The molecule has 1 atom stereocenters. The van der Waals surface area contributed by atoms with E-state index in [9.17, 15) is 5.11 Å². The molecule has 0 aliphatic carbocycles. The summed E-state index contributed by atoms with van der Waals surface area (Å²) >= 11 is 0. The van der Waals surface area contributed by atoms with Crippen LogP contribution in [-0.2, 0) is 12.1 Å². The number of guanidine groups is 1. The van der Waals surface area contributed by atoms with Gasteiger partial charge in [-0.3, -0.25) is 0 Å². The van der Waals surface area contributed by atoms with Crippen LogP contribution in [0.3, 0.4) is 0 Å². The number of aliphatic imine (C=N–C) groups is 1. The lowest BCUT2D eigenvalue weighted by Gasteiger charge is -2.22. The quantitative estimate of drug-likeness (QED) is 0.429. The third-order valence-electron chi connectivity index (χ3n) is 4.25. The number of furan rings is 1. The lowest BCUT2D eigenvalue weighted by Crippen LogP contribution is -2.44. The molecule has 0 amide bonds. The van der Waals surface area contributed by atoms with Gasteiger partial charge in [0, 0.05) is 12.1 Å². The highest BCUT2D eigenvalue weighted by molar-refractivity contribution is 5.79. The number of oxazole rings is 1. The van der Waals surface area contributed by atoms with Gasteiger partial charge < -0.3 is 24.6 Å². The topological polar surface area (TPSA) is 95.8 Å². The maximum Gasteiger partial charge on any atom is 0.226 e. The van der Waals surface area contributed by atoms with Gasteiger partial charge in [0.1, 0.15) is 23.3 Å². The van der Waals surface area contributed by atoms with Crippen LogP contribution in [0.15, 0.2) is 62.8 Å². The molecule has 0 radical (unpaired) electrons. The van der Waals surface area contributed by atoms with E-state index in [1.807, 2.05) is 38.1 Å². The van der Waals surface area contributed by atoms with Crippen molar-refractivity contribution in [2.45, 2.75) is 32.9 Å². The molecule has 3 N–H and O–H groups in total. The van der Waals surface area contributed by atoms with E-state index in [2.05, 4.69) is 20.6 Å². The lowest BCUT2D eigenvalue weighted by atomic mass is 10.0. The van der Waals surface area contributed by atoms with Crippen LogP contribution in [-0.4, -0.2) is 29.1 Å². The molecule has 28 heavy (non-hydrogen) atoms. The standard InChI is InChI=1S/C21H26N4O3/c1-4-22-20(24-14-21(3,26)18-6-5-11-27-18)23-12-17-13-28-19(25-17)16-9-7-15(2)8-10-16/h5-11,13,26H,4,12,14H2,1-3H3,(H2,22,23,24). The average molecular weight is 382 g/mol. The monoisotopic (exact) mass is 382 g/mol. The third-order valence-corrected chi connectivity index (χ3v) is 4.25. The summed E-state index contributed by atoms with van der Waals surface area (Å²) in [4.78, 5) is 9.02. The van der Waals surface area contributed by atoms with E-state index in [0.717, 1.165) is 11.3 Å². The van der Waals surface area contributed by atoms with Gasteiger partial charge >= 0.3 is 0 Å². The Hall–Kier alpha value is -3.06. The fourth-order valence-electron chi connectivity index (χ4n) is 2.64. The number of nitrogens with one attached hydrogen (secondary N) is 2. The molecule has 3 rings (SSSR count). The number of aliphatic hydroxyl groups is 1. The van der Waals surface area contributed by atoms with Crippen LogP contribution >= 0.6 is 0 Å². The van der Waals surface area contributed by atoms with E-state index in [0.29, 0.717) is 30.7 Å². The van der Waals surface area contributed by atoms with Crippen molar-refractivity contribution in [2.75, 3.05) is 13.1 Å². The van der Waals surface area contributed by atoms with Crippen LogP contribution in [0.2, 0.25) is 0 Å². The Labute approximate surface area is 164 Å². The van der Waals surface area contributed by atoms with Crippen molar-refractivity contribution in [1.82, 2.24) is 15.6 Å². The van der Waals surface area contributed by atoms with Crippen molar-refractivity contribution in [2.24, 2.45) is 4.99 Å². The minimum Gasteiger partial charge on any atom is -0.466 e. The van der Waals surface area contributed by atoms with Crippen molar-refractivity contribution in [3.8, 4) is 11.5 Å². The number of rotatable bonds is 7. The van der Waals surface area contributed by atoms with Gasteiger partial charge in [-0.1, -0.05) is 17.7 Å². The predicted molar refractivity (Wildman–Crippen MR) is 108 cm³/mol. The van der Waals surface area contributed by atoms with Gasteiger partial charge in [-0.05, 0) is 45.0 Å². The first kappa shape index (κ1) is 19.7. The molecule has 1 aromatic carbocycles. The Kier molecular flexibility index (Phi) is 6.16. The zero-order valence-electron chi connectivity index (χ0n) is 16.4. The average Bonchev–Trinajstić information content (AvgIpc) is 3.37. The summed E-state index contributed by atoms with van der Waals surface area (Å²) in [6.07, 6.45) is 3.15. The smallest absolute Gasteiger partial charge is 0.226 e. The van der Waals surface area contributed by atoms with E-state index in [1.165, 1.54) is 5.56 Å². The lowest BCUT2D eigenvalue weighted by molar-refractivity contribution is 0.0386. The maximum atomic E-state index is 10.6. The van der Waals surface area contributed by atoms with Crippen molar-refractivity contribution in [1.29, 1.82) is 0 Å². The van der Waals surface area contributed by atoms with Crippen molar-refractivity contribution < 1.29 is 13.9 Å². The maximum absolute atomic E-state index is 10.6. The molecule has 0 saturated heterocycles. The minimum absolute atomic E-state index is 0.250. The van der Waals surface area contributed by atoms with Gasteiger partial charge in [0.05, 0.1) is 19.4 Å². The first-order valence-electron chi connectivity index (χ1n) is 9.28. The predicted octanol–water partition coefficient (Wildman–Crippen LogP) is 3.21. The van der Waals surface area contributed by atoms with E-state index >= 15 is 0 Å². The summed E-state index contributed by atoms with van der Waals surface area (Å²) in [6.45, 7) is 7.01. The molecule has 0 aliphatic heterocycles. The molecule has 0 aliphatic rings. The van der Waals surface area contributed by atoms with Crippen LogP contribution < -0.4 is 10.6 Å². The van der Waals surface area contributed by atoms with Gasteiger partial charge in [0.25, 0.3) is 0 Å². The number of hydrogen-bond donors (Lipinski definition) is 3. The number of hydrogen-bond acceptors (Lipinski definition) is 5. The van der Waals surface area contributed by atoms with Crippen molar-refractivity contribution >= 4 is 5.96 Å². The van der Waals surface area contributed by atoms with Crippen LogP contribution in [0.4, 0.5) is 0 Å². The summed E-state index contributed by atoms with van der Waals surface area (Å²) < 4.78 is 10.9. The Morgan fingerprint density at radius 3 is 2.64 bits per heavy atom. The van der Waals surface area contributed by atoms with E-state index in [4.69, 9.17) is 8.83 Å². The molecule has 3 aromatic rings. The van der Waals surface area contributed by atoms with Crippen LogP contribution in [0.25, 0.3) is 11.5 Å². The highest BCUT2D eigenvalue weighted by Gasteiger charge is 2.26. The normalized spacial score (nSPS) is 13.9. The van der Waals surface area contributed by atoms with Crippen molar-refractivity contribution in [3.05, 3.63) is 65.9 Å². The Morgan fingerprint density at radius 1 is 1.18 bits per heavy atom. The molecular formula is C21H26N4O3. The number of aromatic nitrogens is 1. The summed E-state index contributed by atoms with van der Waals surface area (Å²) in [7, 11) is 0. The first-order chi connectivity index (χ1) is 13.5. The van der Waals surface area contributed by atoms with Gasteiger partial charge in [-0.25, -0.2) is 9.98 Å². The molecule has 2 heterocycles. The largest absolute Gasteiger partial charge is 0.466 e. The number of benzene rings is 1. The fourth-order valence-corrected chi connectivity index (χ4v) is 2.64. The van der Waals surface area contributed by atoms with E-state index in [-0.39, 0.29) is 6.54 Å². The molecule has 148 valence electrons. The Morgan fingerprint density at radius 2 is 1.96 bits per heavy atom. The van der Waals surface area contributed by atoms with Crippen LogP contribution in [0.1, 0.15) is 30.9 Å². The second-order valence-electron chi connectivity index (χ2n) is 6.81. The molecule has 1 unspecified atom stereocenters. The molecule has 0 spiro atoms. The van der Waals surface area contributed by atoms with Crippen molar-refractivity contribution in [3.63, 3.8) is 0 Å². The second kappa shape index (κ2) is 8.75. The van der Waals surface area contributed by atoms with Gasteiger partial charge in [0.2, 0.25) is 5.89 Å². The fraction of sp³-hybridized carbons (Fsp3) is 0.333. The van der Waals surface area contributed by atoms with Crippen LogP contribution in [0, 0.1) is 6.92 Å². The molecule has 2 aromatic heterocycles. The molecular weight excluding hydrogens is 356 g/mol. The zero-order valence-corrected chi connectivity index (χ0v) is 16.4. The highest BCUT2D eigenvalue weighted by atomic mass is 16.4. The van der Waals surface area contributed by atoms with Gasteiger partial charge in [-0.15, -0.1) is 0 Å². The second-order valence-corrected chi connectivity index (χ2v) is 6.81. The van der Waals surface area contributed by atoms with E-state index < -0.39 is 5.60 Å². The molecule has 0 saturated carbocycles. The summed E-state index contributed by atoms with van der Waals surface area (Å²) in [5, 5.41) is 16.8. The third kappa shape index (κ3) is 5.01. The number of aryl methyl sites for hydroxylation is 1. The SMILES string of the molecule is CCNC(=NCc1coc(-c2ccc(C)cc2)n1)NCC(C)(O)c1ccco1. The molecule has 0 bridgehead atoms. The van der Waals surface area contributed by atoms with Gasteiger partial charge in [0.15, 0.2) is 5.96 Å². The highest BCUT2D eigenvalue weighted by Crippen LogP contribution is 2.20. The Balaban J connectivity index is 1.63. The zero-order chi connectivity index (χ0) is 20.0. The first-order valence-corrected chi connectivity index (χ1v) is 9.28. The van der Waals surface area contributed by atoms with Crippen LogP contribution in [0.5, 0.6) is 0 Å². The van der Waals surface area contributed by atoms with Gasteiger partial charge in [-0.2, -0.15) is 0 Å². The molecule has 7 nitrogen and oxygen atoms in total. The summed E-state index contributed by atoms with van der Waals surface area (Å²) in [5.74, 6) is 1.65. The molecule has 0 fully saturated rings. The molecule has 7 heteroatoms. The minimum atomic E-state index is -1.15. The van der Waals surface area contributed by atoms with E-state index in [1.54, 1.807) is 31.6 Å². The summed E-state index contributed by atoms with van der Waals surface area (Å²) in [6, 6.07) is 11.5. The number of nitrogens with zero attached hydrogens (tertiary/aromatic N) is 2. The Bertz CT molecular complexity index is 896.